The van der Waals surface area contributed by atoms with Crippen molar-refractivity contribution < 1.29 is 80.2 Å². The van der Waals surface area contributed by atoms with Gasteiger partial charge in [0.05, 0.1) is 26.4 Å². The number of hydrogen-bond acceptors (Lipinski definition) is 15. The van der Waals surface area contributed by atoms with Gasteiger partial charge in [-0.15, -0.1) is 0 Å². The number of rotatable bonds is 76. The van der Waals surface area contributed by atoms with Crippen LogP contribution in [0.5, 0.6) is 0 Å². The Morgan fingerprint density at radius 1 is 0.269 bits per heavy atom. The molecule has 17 nitrogen and oxygen atoms in total. The van der Waals surface area contributed by atoms with Crippen LogP contribution in [0.1, 0.15) is 310 Å². The highest BCUT2D eigenvalue weighted by molar-refractivity contribution is 7.47. The summed E-state index contributed by atoms with van der Waals surface area (Å²) in [5, 5.41) is 10.7. The van der Waals surface area contributed by atoms with E-state index in [4.69, 9.17) is 37.0 Å². The highest BCUT2D eigenvalue weighted by atomic mass is 31.2. The number of phosphoric acid groups is 2. The van der Waals surface area contributed by atoms with E-state index in [-0.39, 0.29) is 25.7 Å². The van der Waals surface area contributed by atoms with Crippen LogP contribution in [0, 0.1) is 0 Å². The minimum absolute atomic E-state index is 0.0528. The van der Waals surface area contributed by atoms with Crippen molar-refractivity contribution in [3.8, 4) is 0 Å². The van der Waals surface area contributed by atoms with Gasteiger partial charge in [0.2, 0.25) is 0 Å². The normalized spacial score (nSPS) is 14.7. The summed E-state index contributed by atoms with van der Waals surface area (Å²) >= 11 is 0. The lowest BCUT2D eigenvalue weighted by Crippen LogP contribution is -2.30. The summed E-state index contributed by atoms with van der Waals surface area (Å²) in [7, 11) is -10.0. The molecule has 0 radical (unpaired) electrons. The molecule has 0 aliphatic carbocycles. The number of hydrogen-bond donors (Lipinski definition) is 3. The largest absolute Gasteiger partial charge is 0.472 e. The average Bonchev–Trinajstić information content (AvgIpc) is 0.906. The van der Waals surface area contributed by atoms with Crippen LogP contribution < -0.4 is 0 Å². The van der Waals surface area contributed by atoms with Crippen LogP contribution >= 0.6 is 15.6 Å². The van der Waals surface area contributed by atoms with E-state index in [9.17, 15) is 43.2 Å². The van der Waals surface area contributed by atoms with Crippen molar-refractivity contribution in [3.63, 3.8) is 0 Å². The number of phosphoric ester groups is 2. The van der Waals surface area contributed by atoms with Crippen LogP contribution in [0.25, 0.3) is 0 Å². The van der Waals surface area contributed by atoms with Crippen LogP contribution in [-0.2, 0) is 65.4 Å². The molecule has 108 heavy (non-hydrogen) atoms. The molecular formula is C89H146O17P2. The van der Waals surface area contributed by atoms with Gasteiger partial charge in [-0.2, -0.15) is 0 Å². The zero-order valence-electron chi connectivity index (χ0n) is 67.2. The molecule has 0 bridgehead atoms. The molecule has 0 heterocycles. The van der Waals surface area contributed by atoms with Crippen molar-refractivity contribution in [2.45, 2.75) is 329 Å². The van der Waals surface area contributed by atoms with E-state index >= 15 is 0 Å². The number of esters is 4. The number of unbranched alkanes of at least 4 members (excludes halogenated alkanes) is 22. The molecule has 0 saturated carbocycles. The summed E-state index contributed by atoms with van der Waals surface area (Å²) < 4.78 is 68.7. The van der Waals surface area contributed by atoms with Gasteiger partial charge in [-0.05, 0) is 173 Å². The first-order valence-corrected chi connectivity index (χ1v) is 44.4. The second-order valence-electron chi connectivity index (χ2n) is 26.9. The maximum Gasteiger partial charge on any atom is 0.472 e. The third-order valence-electron chi connectivity index (χ3n) is 16.7. The maximum atomic E-state index is 13.1. The van der Waals surface area contributed by atoms with Gasteiger partial charge in [0.1, 0.15) is 19.3 Å². The second kappa shape index (κ2) is 79.5. The van der Waals surface area contributed by atoms with Crippen LogP contribution in [0.15, 0.2) is 170 Å². The molecule has 5 unspecified atom stereocenters. The fourth-order valence-electron chi connectivity index (χ4n) is 10.5. The molecule has 0 aliphatic heterocycles. The SMILES string of the molecule is CC/C=C\C/C=C\C/C=C\C/C=C\C/C=C\CCCCCC(=O)OCC(COP(=O)(O)OCC(O)COP(=O)(O)OCC(COC(=O)CCCCCCCCC/C=C\C/C=C\C/C=C\CC)OC(=O)CCCCCCC/C=C\C/C=C\CCCCC)OC(=O)CCCCCC/C=C\C/C=C\C/C=C\C/C=C\CC. The van der Waals surface area contributed by atoms with Gasteiger partial charge in [0.25, 0.3) is 0 Å². The third-order valence-corrected chi connectivity index (χ3v) is 18.6. The van der Waals surface area contributed by atoms with Crippen molar-refractivity contribution in [2.75, 3.05) is 39.6 Å². The number of ether oxygens (including phenoxy) is 4. The first kappa shape index (κ1) is 102. The van der Waals surface area contributed by atoms with E-state index in [1.165, 1.54) is 19.3 Å². The van der Waals surface area contributed by atoms with Gasteiger partial charge < -0.3 is 33.8 Å². The molecule has 0 aromatic rings. The molecule has 0 saturated heterocycles. The van der Waals surface area contributed by atoms with E-state index < -0.39 is 97.5 Å². The summed E-state index contributed by atoms with van der Waals surface area (Å²) in [6, 6.07) is 0. The van der Waals surface area contributed by atoms with Gasteiger partial charge in [-0.3, -0.25) is 37.3 Å². The van der Waals surface area contributed by atoms with Crippen molar-refractivity contribution in [1.29, 1.82) is 0 Å². The fraction of sp³-hybridized carbons (Fsp3) is 0.640. The molecule has 0 fully saturated rings. The maximum absolute atomic E-state index is 13.1. The Hall–Kier alpha value is -5.58. The molecule has 5 atom stereocenters. The fourth-order valence-corrected chi connectivity index (χ4v) is 12.0. The van der Waals surface area contributed by atoms with Crippen LogP contribution in [0.4, 0.5) is 0 Å². The van der Waals surface area contributed by atoms with E-state index in [1.54, 1.807) is 0 Å². The molecular weight excluding hydrogens is 1400 g/mol. The lowest BCUT2D eigenvalue weighted by atomic mass is 10.1. The molecule has 0 aromatic carbocycles. The molecule has 0 amide bonds. The molecule has 0 spiro atoms. The number of aliphatic hydroxyl groups excluding tert-OH is 1. The number of allylic oxidation sites excluding steroid dienone is 28. The topological polar surface area (TPSA) is 237 Å². The summed E-state index contributed by atoms with van der Waals surface area (Å²) in [6.07, 6.45) is 94.6. The monoisotopic (exact) mass is 1550 g/mol. The lowest BCUT2D eigenvalue weighted by molar-refractivity contribution is -0.161. The van der Waals surface area contributed by atoms with Gasteiger partial charge in [-0.25, -0.2) is 9.13 Å². The quantitative estimate of drug-likeness (QED) is 0.0169. The number of carbonyl (C=O) groups excluding carboxylic acids is 4. The molecule has 0 rings (SSSR count). The van der Waals surface area contributed by atoms with Crippen molar-refractivity contribution >= 4 is 39.5 Å². The zero-order chi connectivity index (χ0) is 78.9. The summed E-state index contributed by atoms with van der Waals surface area (Å²) in [6.45, 7) is 4.42. The third kappa shape index (κ3) is 78.5. The zero-order valence-corrected chi connectivity index (χ0v) is 69.0. The lowest BCUT2D eigenvalue weighted by Gasteiger charge is -2.21. The van der Waals surface area contributed by atoms with Gasteiger partial charge in [0, 0.05) is 25.7 Å². The highest BCUT2D eigenvalue weighted by Gasteiger charge is 2.30. The smallest absolute Gasteiger partial charge is 0.462 e. The summed E-state index contributed by atoms with van der Waals surface area (Å²) in [5.41, 5.74) is 0. The second-order valence-corrected chi connectivity index (χ2v) is 29.8. The Morgan fingerprint density at radius 3 is 0.750 bits per heavy atom. The minimum Gasteiger partial charge on any atom is -0.462 e. The summed E-state index contributed by atoms with van der Waals surface area (Å²) in [5.74, 6) is -2.27. The average molecular weight is 1550 g/mol. The first-order valence-electron chi connectivity index (χ1n) is 41.4. The highest BCUT2D eigenvalue weighted by Crippen LogP contribution is 2.45. The van der Waals surface area contributed by atoms with Gasteiger partial charge in [-0.1, -0.05) is 281 Å². The van der Waals surface area contributed by atoms with Crippen molar-refractivity contribution in [1.82, 2.24) is 0 Å². The molecule has 19 heteroatoms. The number of aliphatic hydroxyl groups is 1. The molecule has 614 valence electrons. The molecule has 3 N–H and O–H groups in total. The predicted octanol–water partition coefficient (Wildman–Crippen LogP) is 24.6. The molecule has 0 aliphatic rings. The van der Waals surface area contributed by atoms with Crippen LogP contribution in [-0.4, -0.2) is 96.7 Å². The van der Waals surface area contributed by atoms with Crippen molar-refractivity contribution in [2.24, 2.45) is 0 Å². The van der Waals surface area contributed by atoms with Gasteiger partial charge in [0.15, 0.2) is 12.2 Å². The van der Waals surface area contributed by atoms with Gasteiger partial charge >= 0.3 is 39.5 Å². The Kier molecular flexibility index (Phi) is 75.4. The van der Waals surface area contributed by atoms with E-state index in [0.717, 1.165) is 212 Å². The molecule has 0 aromatic heterocycles. The van der Waals surface area contributed by atoms with E-state index in [2.05, 4.69) is 198 Å². The predicted molar refractivity (Wildman–Crippen MR) is 445 cm³/mol. The van der Waals surface area contributed by atoms with E-state index in [1.807, 2.05) is 0 Å². The van der Waals surface area contributed by atoms with Crippen molar-refractivity contribution in [3.05, 3.63) is 170 Å². The Bertz CT molecular complexity index is 2710. The Labute approximate surface area is 654 Å². The summed E-state index contributed by atoms with van der Waals surface area (Å²) in [4.78, 5) is 73.2. The van der Waals surface area contributed by atoms with E-state index in [0.29, 0.717) is 25.7 Å². The van der Waals surface area contributed by atoms with Crippen LogP contribution in [0.3, 0.4) is 0 Å². The Balaban J connectivity index is 5.46. The van der Waals surface area contributed by atoms with Crippen LogP contribution in [0.2, 0.25) is 0 Å². The minimum atomic E-state index is -5.00. The standard InChI is InChI=1S/C89H146O17P2/c1-5-9-13-17-21-25-29-33-37-40-41-44-47-50-54-58-62-66-70-74-87(92)100-80-85(106-89(94)76-72-68-64-60-56-52-48-43-39-35-31-27-23-19-15-11-7-3)82-104-108(97,98)102-78-83(90)77-101-107(95,96)103-81-84(105-88(93)75-71-67-63-59-55-51-45-36-32-28-24-20-16-12-8-4)79-99-86(91)73-69-65-61-57-53-49-46-42-38-34-30-26-22-18-14-10-6-2/h9-11,13-15,21-28,33-39,41,44-45,48,50,52,54,83-85,90H,5-8,12,16-20,29-32,40,42-43,46-47,49,51,53,55-82H2,1-4H3,(H,95,96)(H,97,98)/b13-9-,14-10-,15-11-,25-21-,26-22-,27-23-,28-24-,37-33-,38-34-,39-35-,44-41-,45-36-,52-48-,54-50-. The number of carbonyl (C=O) groups is 4. The Morgan fingerprint density at radius 2 is 0.481 bits per heavy atom. The first-order chi connectivity index (χ1) is 52.7.